The number of carbonyl (C=O) groups is 1. The number of rotatable bonds is 1. The van der Waals surface area contributed by atoms with Gasteiger partial charge in [-0.2, -0.15) is 0 Å². The van der Waals surface area contributed by atoms with E-state index in [1.165, 1.54) is 0 Å². The van der Waals surface area contributed by atoms with Crippen molar-refractivity contribution in [3.63, 3.8) is 0 Å². The number of aromatic nitrogens is 1. The molecule has 1 aromatic heterocycles. The summed E-state index contributed by atoms with van der Waals surface area (Å²) < 4.78 is 0. The lowest BCUT2D eigenvalue weighted by atomic mass is 9.96. The van der Waals surface area contributed by atoms with Crippen LogP contribution in [-0.2, 0) is 0 Å². The van der Waals surface area contributed by atoms with Crippen molar-refractivity contribution >= 4 is 5.91 Å². The third-order valence-electron chi connectivity index (χ3n) is 2.49. The van der Waals surface area contributed by atoms with Crippen LogP contribution in [0.5, 0.6) is 0 Å². The van der Waals surface area contributed by atoms with E-state index in [9.17, 15) is 9.90 Å². The van der Waals surface area contributed by atoms with Gasteiger partial charge < -0.3 is 10.0 Å². The lowest BCUT2D eigenvalue weighted by Crippen LogP contribution is -2.61. The highest BCUT2D eigenvalue weighted by Crippen LogP contribution is 2.21. The quantitative estimate of drug-likeness (QED) is 0.732. The first-order valence-electron chi connectivity index (χ1n) is 4.92. The van der Waals surface area contributed by atoms with Gasteiger partial charge in [-0.05, 0) is 26.0 Å². The van der Waals surface area contributed by atoms with Gasteiger partial charge >= 0.3 is 0 Å². The zero-order chi connectivity index (χ0) is 11.1. The van der Waals surface area contributed by atoms with Crippen molar-refractivity contribution in [2.75, 3.05) is 13.1 Å². The van der Waals surface area contributed by atoms with Gasteiger partial charge in [-0.25, -0.2) is 0 Å². The van der Waals surface area contributed by atoms with Crippen LogP contribution in [0.4, 0.5) is 0 Å². The molecule has 1 aliphatic rings. The molecule has 0 radical (unpaired) electrons. The minimum atomic E-state index is -0.711. The molecular weight excluding hydrogens is 192 g/mol. The molecule has 2 rings (SSSR count). The summed E-state index contributed by atoms with van der Waals surface area (Å²) in [4.78, 5) is 17.5. The second kappa shape index (κ2) is 3.31. The molecular formula is C11H14N2O2. The number of amides is 1. The number of pyridine rings is 1. The lowest BCUT2D eigenvalue weighted by Gasteiger charge is -2.44. The SMILES string of the molecule is Cc1cc(C(=O)N2CC(C)(O)C2)ccn1. The number of aryl methyl sites for hydroxylation is 1. The summed E-state index contributed by atoms with van der Waals surface area (Å²) in [6.07, 6.45) is 1.63. The summed E-state index contributed by atoms with van der Waals surface area (Å²) in [5.41, 5.74) is 0.753. The maximum Gasteiger partial charge on any atom is 0.254 e. The Balaban J connectivity index is 2.10. The van der Waals surface area contributed by atoms with E-state index in [4.69, 9.17) is 0 Å². The van der Waals surface area contributed by atoms with Gasteiger partial charge in [0.2, 0.25) is 0 Å². The van der Waals surface area contributed by atoms with E-state index in [-0.39, 0.29) is 5.91 Å². The monoisotopic (exact) mass is 206 g/mol. The van der Waals surface area contributed by atoms with E-state index in [2.05, 4.69) is 4.98 Å². The van der Waals surface area contributed by atoms with Crippen molar-refractivity contribution in [1.82, 2.24) is 9.88 Å². The summed E-state index contributed by atoms with van der Waals surface area (Å²) in [7, 11) is 0. The Bertz CT molecular complexity index is 393. The fourth-order valence-corrected chi connectivity index (χ4v) is 1.78. The molecule has 1 saturated heterocycles. The zero-order valence-electron chi connectivity index (χ0n) is 8.90. The van der Waals surface area contributed by atoms with Crippen molar-refractivity contribution in [2.24, 2.45) is 0 Å². The average Bonchev–Trinajstić information content (AvgIpc) is 2.13. The van der Waals surface area contributed by atoms with Crippen LogP contribution in [-0.4, -0.2) is 39.6 Å². The number of aliphatic hydroxyl groups is 1. The topological polar surface area (TPSA) is 53.4 Å². The highest BCUT2D eigenvalue weighted by atomic mass is 16.3. The molecule has 0 atom stereocenters. The molecule has 80 valence electrons. The summed E-state index contributed by atoms with van der Waals surface area (Å²) in [6.45, 7) is 4.40. The Kier molecular flexibility index (Phi) is 2.23. The smallest absolute Gasteiger partial charge is 0.254 e. The van der Waals surface area contributed by atoms with E-state index in [0.717, 1.165) is 5.69 Å². The summed E-state index contributed by atoms with van der Waals surface area (Å²) in [5.74, 6) is -0.0352. The number of hydrogen-bond acceptors (Lipinski definition) is 3. The maximum atomic E-state index is 11.9. The predicted molar refractivity (Wildman–Crippen MR) is 55.5 cm³/mol. The largest absolute Gasteiger partial charge is 0.386 e. The molecule has 0 aliphatic carbocycles. The van der Waals surface area contributed by atoms with Crippen LogP contribution >= 0.6 is 0 Å². The summed E-state index contributed by atoms with van der Waals surface area (Å²) >= 11 is 0. The highest BCUT2D eigenvalue weighted by Gasteiger charge is 2.39. The van der Waals surface area contributed by atoms with Crippen LogP contribution < -0.4 is 0 Å². The molecule has 0 spiro atoms. The molecule has 15 heavy (non-hydrogen) atoms. The van der Waals surface area contributed by atoms with Gasteiger partial charge in [0, 0.05) is 17.5 Å². The Morgan fingerprint density at radius 2 is 2.27 bits per heavy atom. The maximum absolute atomic E-state index is 11.9. The standard InChI is InChI=1S/C11H14N2O2/c1-8-5-9(3-4-12-8)10(14)13-6-11(2,15)7-13/h3-5,15H,6-7H2,1-2H3. The summed E-state index contributed by atoms with van der Waals surface area (Å²) in [6, 6.07) is 3.46. The molecule has 4 heteroatoms. The number of β-amino-alcohol motifs (C(OH)–C–C–N with tert-alkyl or cyclic N) is 1. The van der Waals surface area contributed by atoms with E-state index >= 15 is 0 Å². The zero-order valence-corrected chi connectivity index (χ0v) is 8.90. The van der Waals surface area contributed by atoms with Crippen LogP contribution in [0.3, 0.4) is 0 Å². The van der Waals surface area contributed by atoms with Gasteiger partial charge in [0.15, 0.2) is 0 Å². The van der Waals surface area contributed by atoms with Crippen LogP contribution in [0.2, 0.25) is 0 Å². The highest BCUT2D eigenvalue weighted by molar-refractivity contribution is 5.94. The van der Waals surface area contributed by atoms with Gasteiger partial charge in [0.25, 0.3) is 5.91 Å². The second-order valence-corrected chi connectivity index (χ2v) is 4.34. The average molecular weight is 206 g/mol. The van der Waals surface area contributed by atoms with Crippen molar-refractivity contribution in [3.05, 3.63) is 29.6 Å². The van der Waals surface area contributed by atoms with E-state index in [1.807, 2.05) is 6.92 Å². The van der Waals surface area contributed by atoms with Crippen molar-refractivity contribution < 1.29 is 9.90 Å². The van der Waals surface area contributed by atoms with Gasteiger partial charge in [0.1, 0.15) is 0 Å². The molecule has 0 unspecified atom stereocenters. The van der Waals surface area contributed by atoms with Gasteiger partial charge in [-0.1, -0.05) is 0 Å². The number of carbonyl (C=O) groups excluding carboxylic acids is 1. The molecule has 1 fully saturated rings. The third-order valence-corrected chi connectivity index (χ3v) is 2.49. The Morgan fingerprint density at radius 1 is 1.60 bits per heavy atom. The first-order chi connectivity index (χ1) is 6.98. The van der Waals surface area contributed by atoms with Crippen molar-refractivity contribution in [2.45, 2.75) is 19.4 Å². The number of nitrogens with zero attached hydrogens (tertiary/aromatic N) is 2. The molecule has 0 bridgehead atoms. The second-order valence-electron chi connectivity index (χ2n) is 4.34. The Morgan fingerprint density at radius 3 is 2.80 bits per heavy atom. The first kappa shape index (κ1) is 10.1. The van der Waals surface area contributed by atoms with Crippen LogP contribution in [0.1, 0.15) is 23.0 Å². The fourth-order valence-electron chi connectivity index (χ4n) is 1.78. The van der Waals surface area contributed by atoms with Crippen molar-refractivity contribution in [3.8, 4) is 0 Å². The fraction of sp³-hybridized carbons (Fsp3) is 0.455. The Labute approximate surface area is 88.6 Å². The molecule has 1 N–H and O–H groups in total. The predicted octanol–water partition coefficient (Wildman–Crippen LogP) is 0.597. The van der Waals surface area contributed by atoms with Gasteiger partial charge in [-0.15, -0.1) is 0 Å². The number of hydrogen-bond donors (Lipinski definition) is 1. The third kappa shape index (κ3) is 1.99. The van der Waals surface area contributed by atoms with Gasteiger partial charge in [0.05, 0.1) is 18.7 Å². The summed E-state index contributed by atoms with van der Waals surface area (Å²) in [5, 5.41) is 9.53. The van der Waals surface area contributed by atoms with E-state index in [0.29, 0.717) is 18.7 Å². The van der Waals surface area contributed by atoms with Crippen LogP contribution in [0.15, 0.2) is 18.3 Å². The normalized spacial score (nSPS) is 18.5. The molecule has 1 amide bonds. The van der Waals surface area contributed by atoms with Crippen LogP contribution in [0, 0.1) is 6.92 Å². The lowest BCUT2D eigenvalue weighted by molar-refractivity contribution is -0.0668. The number of likely N-dealkylation sites (tertiary alicyclic amines) is 1. The first-order valence-corrected chi connectivity index (χ1v) is 4.92. The van der Waals surface area contributed by atoms with Crippen molar-refractivity contribution in [1.29, 1.82) is 0 Å². The van der Waals surface area contributed by atoms with E-state index in [1.54, 1.807) is 30.2 Å². The molecule has 2 heterocycles. The molecule has 0 saturated carbocycles. The van der Waals surface area contributed by atoms with E-state index < -0.39 is 5.60 Å². The minimum Gasteiger partial charge on any atom is -0.386 e. The molecule has 1 aliphatic heterocycles. The minimum absolute atomic E-state index is 0.0352. The Hall–Kier alpha value is -1.42. The van der Waals surface area contributed by atoms with Gasteiger partial charge in [-0.3, -0.25) is 9.78 Å². The van der Waals surface area contributed by atoms with Crippen LogP contribution in [0.25, 0.3) is 0 Å². The molecule has 0 aromatic carbocycles. The molecule has 4 nitrogen and oxygen atoms in total. The molecule has 1 aromatic rings.